The minimum Gasteiger partial charge on any atom is -0.392 e. The van der Waals surface area contributed by atoms with Crippen molar-refractivity contribution in [2.45, 2.75) is 45.3 Å². The van der Waals surface area contributed by atoms with Crippen molar-refractivity contribution in [1.82, 2.24) is 0 Å². The second-order valence-corrected chi connectivity index (χ2v) is 4.14. The normalized spacial score (nSPS) is 36.0. The standard InChI is InChI=1S/C8H17NO.ClH/c1-8(2)4-3-7(10)6(9)5-8;/h6-7,10H,3-5,9H2,1-2H3;1H/t6-,7-;/m1./s1. The highest BCUT2D eigenvalue weighted by molar-refractivity contribution is 5.85. The number of aliphatic hydroxyl groups is 1. The van der Waals surface area contributed by atoms with Crippen LogP contribution in [0, 0.1) is 5.41 Å². The van der Waals surface area contributed by atoms with Crippen molar-refractivity contribution in [2.75, 3.05) is 0 Å². The highest BCUT2D eigenvalue weighted by Gasteiger charge is 2.31. The maximum atomic E-state index is 9.28. The predicted octanol–water partition coefficient (Wildman–Crippen LogP) is 1.31. The van der Waals surface area contributed by atoms with E-state index in [2.05, 4.69) is 13.8 Å². The van der Waals surface area contributed by atoms with Gasteiger partial charge in [0.1, 0.15) is 0 Å². The third kappa shape index (κ3) is 2.97. The first-order valence-corrected chi connectivity index (χ1v) is 3.95. The smallest absolute Gasteiger partial charge is 0.0691 e. The van der Waals surface area contributed by atoms with Crippen LogP contribution < -0.4 is 5.73 Å². The van der Waals surface area contributed by atoms with Crippen LogP contribution in [0.25, 0.3) is 0 Å². The molecule has 0 bridgehead atoms. The van der Waals surface area contributed by atoms with Gasteiger partial charge in [-0.15, -0.1) is 12.4 Å². The van der Waals surface area contributed by atoms with E-state index in [1.54, 1.807) is 0 Å². The Labute approximate surface area is 74.6 Å². The van der Waals surface area contributed by atoms with Gasteiger partial charge in [0.2, 0.25) is 0 Å². The topological polar surface area (TPSA) is 46.2 Å². The van der Waals surface area contributed by atoms with Crippen molar-refractivity contribution >= 4 is 12.4 Å². The van der Waals surface area contributed by atoms with Crippen LogP contribution in [0.2, 0.25) is 0 Å². The quantitative estimate of drug-likeness (QED) is 0.589. The largest absolute Gasteiger partial charge is 0.392 e. The first kappa shape index (κ1) is 11.2. The molecule has 68 valence electrons. The van der Waals surface area contributed by atoms with Crippen LogP contribution in [0.1, 0.15) is 33.1 Å². The Hall–Kier alpha value is 0.210. The van der Waals surface area contributed by atoms with Crippen molar-refractivity contribution in [3.63, 3.8) is 0 Å². The van der Waals surface area contributed by atoms with Gasteiger partial charge in [-0.2, -0.15) is 0 Å². The summed E-state index contributed by atoms with van der Waals surface area (Å²) in [4.78, 5) is 0. The van der Waals surface area contributed by atoms with Crippen LogP contribution in [0.15, 0.2) is 0 Å². The summed E-state index contributed by atoms with van der Waals surface area (Å²) in [5.41, 5.74) is 6.05. The molecule has 0 spiro atoms. The van der Waals surface area contributed by atoms with E-state index in [1.807, 2.05) is 0 Å². The van der Waals surface area contributed by atoms with Crippen molar-refractivity contribution in [1.29, 1.82) is 0 Å². The lowest BCUT2D eigenvalue weighted by atomic mass is 9.74. The van der Waals surface area contributed by atoms with Gasteiger partial charge in [-0.1, -0.05) is 13.8 Å². The molecule has 11 heavy (non-hydrogen) atoms. The van der Waals surface area contributed by atoms with Crippen molar-refractivity contribution in [3.05, 3.63) is 0 Å². The summed E-state index contributed by atoms with van der Waals surface area (Å²) in [6, 6.07) is 0.00347. The van der Waals surface area contributed by atoms with Crippen molar-refractivity contribution in [2.24, 2.45) is 11.1 Å². The second kappa shape index (κ2) is 3.74. The van der Waals surface area contributed by atoms with E-state index < -0.39 is 0 Å². The molecule has 1 aliphatic rings. The SMILES string of the molecule is CC1(C)CC[C@@H](O)[C@H](N)C1.Cl. The first-order chi connectivity index (χ1) is 4.51. The Morgan fingerprint density at radius 3 is 2.36 bits per heavy atom. The third-order valence-electron chi connectivity index (χ3n) is 2.40. The summed E-state index contributed by atoms with van der Waals surface area (Å²) in [5.74, 6) is 0. The summed E-state index contributed by atoms with van der Waals surface area (Å²) in [5, 5.41) is 9.28. The van der Waals surface area contributed by atoms with Gasteiger partial charge < -0.3 is 10.8 Å². The Kier molecular flexibility index (Phi) is 3.82. The number of halogens is 1. The third-order valence-corrected chi connectivity index (χ3v) is 2.40. The first-order valence-electron chi connectivity index (χ1n) is 3.95. The molecule has 1 aliphatic carbocycles. The van der Waals surface area contributed by atoms with Crippen molar-refractivity contribution in [3.8, 4) is 0 Å². The van der Waals surface area contributed by atoms with Gasteiger partial charge in [0, 0.05) is 6.04 Å². The zero-order chi connectivity index (χ0) is 7.78. The molecule has 0 amide bonds. The van der Waals surface area contributed by atoms with Crippen LogP contribution in [-0.2, 0) is 0 Å². The highest BCUT2D eigenvalue weighted by atomic mass is 35.5. The van der Waals surface area contributed by atoms with Crippen LogP contribution >= 0.6 is 12.4 Å². The van der Waals surface area contributed by atoms with Gasteiger partial charge in [0.05, 0.1) is 6.10 Å². The molecule has 0 unspecified atom stereocenters. The zero-order valence-corrected chi connectivity index (χ0v) is 8.03. The van der Waals surface area contributed by atoms with E-state index in [0.29, 0.717) is 5.41 Å². The molecule has 3 heteroatoms. The molecule has 1 rings (SSSR count). The molecule has 0 heterocycles. The molecule has 0 aliphatic heterocycles. The molecule has 2 atom stereocenters. The minimum absolute atomic E-state index is 0. The fraction of sp³-hybridized carbons (Fsp3) is 1.00. The predicted molar refractivity (Wildman–Crippen MR) is 48.9 cm³/mol. The molecule has 3 N–H and O–H groups in total. The number of hydrogen-bond donors (Lipinski definition) is 2. The number of rotatable bonds is 0. The van der Waals surface area contributed by atoms with E-state index in [0.717, 1.165) is 19.3 Å². The molecule has 0 radical (unpaired) electrons. The van der Waals surface area contributed by atoms with Crippen LogP contribution in [0.5, 0.6) is 0 Å². The average Bonchev–Trinajstić information content (AvgIpc) is 1.79. The zero-order valence-electron chi connectivity index (χ0n) is 7.21. The fourth-order valence-corrected chi connectivity index (χ4v) is 1.63. The summed E-state index contributed by atoms with van der Waals surface area (Å²) < 4.78 is 0. The maximum absolute atomic E-state index is 9.28. The fourth-order valence-electron chi connectivity index (χ4n) is 1.63. The summed E-state index contributed by atoms with van der Waals surface area (Å²) >= 11 is 0. The van der Waals surface area contributed by atoms with E-state index in [4.69, 9.17) is 5.73 Å². The van der Waals surface area contributed by atoms with Gasteiger partial charge in [-0.25, -0.2) is 0 Å². The van der Waals surface area contributed by atoms with E-state index >= 15 is 0 Å². The molecular weight excluding hydrogens is 162 g/mol. The monoisotopic (exact) mass is 179 g/mol. The van der Waals surface area contributed by atoms with Gasteiger partial charge in [0.25, 0.3) is 0 Å². The lowest BCUT2D eigenvalue weighted by molar-refractivity contribution is 0.0591. The molecule has 0 saturated heterocycles. The number of nitrogens with two attached hydrogens (primary N) is 1. The molecule has 1 saturated carbocycles. The Balaban J connectivity index is 0.000001000. The highest BCUT2D eigenvalue weighted by Crippen LogP contribution is 2.34. The maximum Gasteiger partial charge on any atom is 0.0691 e. The molecule has 1 fully saturated rings. The van der Waals surface area contributed by atoms with Crippen LogP contribution in [0.4, 0.5) is 0 Å². The Morgan fingerprint density at radius 1 is 1.45 bits per heavy atom. The second-order valence-electron chi connectivity index (χ2n) is 4.14. The molecule has 0 aromatic carbocycles. The van der Waals surface area contributed by atoms with Gasteiger partial charge in [-0.05, 0) is 24.7 Å². The summed E-state index contributed by atoms with van der Waals surface area (Å²) in [6.07, 6.45) is 2.66. The number of aliphatic hydroxyl groups excluding tert-OH is 1. The lowest BCUT2D eigenvalue weighted by Crippen LogP contribution is -2.43. The van der Waals surface area contributed by atoms with Crippen LogP contribution in [-0.4, -0.2) is 17.3 Å². The summed E-state index contributed by atoms with van der Waals surface area (Å²) in [6.45, 7) is 4.41. The average molecular weight is 180 g/mol. The lowest BCUT2D eigenvalue weighted by Gasteiger charge is -2.36. The van der Waals surface area contributed by atoms with E-state index in [-0.39, 0.29) is 24.6 Å². The van der Waals surface area contributed by atoms with Crippen molar-refractivity contribution < 1.29 is 5.11 Å². The van der Waals surface area contributed by atoms with Gasteiger partial charge in [-0.3, -0.25) is 0 Å². The molecule has 2 nitrogen and oxygen atoms in total. The molecule has 0 aromatic heterocycles. The van der Waals surface area contributed by atoms with Gasteiger partial charge in [0.15, 0.2) is 0 Å². The Morgan fingerprint density at radius 2 is 2.00 bits per heavy atom. The summed E-state index contributed by atoms with van der Waals surface area (Å²) in [7, 11) is 0. The van der Waals surface area contributed by atoms with E-state index in [9.17, 15) is 5.11 Å². The Bertz CT molecular complexity index is 127. The van der Waals surface area contributed by atoms with Crippen LogP contribution in [0.3, 0.4) is 0 Å². The molecule has 0 aromatic rings. The number of hydrogen-bond acceptors (Lipinski definition) is 2. The molecular formula is C8H18ClNO. The van der Waals surface area contributed by atoms with Gasteiger partial charge >= 0.3 is 0 Å². The minimum atomic E-state index is -0.256. The van der Waals surface area contributed by atoms with E-state index in [1.165, 1.54) is 0 Å².